The molecule has 1 aromatic carbocycles. The summed E-state index contributed by atoms with van der Waals surface area (Å²) in [7, 11) is 1.61. The van der Waals surface area contributed by atoms with Crippen molar-refractivity contribution in [2.75, 3.05) is 7.11 Å². The van der Waals surface area contributed by atoms with Crippen LogP contribution in [-0.2, 0) is 20.7 Å². The molecule has 5 nitrogen and oxygen atoms in total. The predicted octanol–water partition coefficient (Wildman–Crippen LogP) is 5.58. The molecule has 0 aromatic heterocycles. The zero-order valence-electron chi connectivity index (χ0n) is 20.4. The van der Waals surface area contributed by atoms with Crippen LogP contribution >= 0.6 is 0 Å². The molecule has 32 heavy (non-hydrogen) atoms. The lowest BCUT2D eigenvalue weighted by molar-refractivity contribution is -0.157. The van der Waals surface area contributed by atoms with E-state index in [2.05, 4.69) is 0 Å². The van der Waals surface area contributed by atoms with Crippen molar-refractivity contribution in [1.82, 2.24) is 0 Å². The van der Waals surface area contributed by atoms with Gasteiger partial charge in [-0.25, -0.2) is 0 Å². The van der Waals surface area contributed by atoms with Crippen molar-refractivity contribution in [3.63, 3.8) is 0 Å². The molecule has 1 atom stereocenters. The number of ketones is 2. The third-order valence-electron chi connectivity index (χ3n) is 5.71. The van der Waals surface area contributed by atoms with E-state index in [1.165, 1.54) is 0 Å². The Labute approximate surface area is 191 Å². The van der Waals surface area contributed by atoms with Crippen LogP contribution in [0.4, 0.5) is 0 Å². The molecule has 1 aliphatic rings. The van der Waals surface area contributed by atoms with E-state index in [1.54, 1.807) is 37.5 Å². The lowest BCUT2D eigenvalue weighted by atomic mass is 9.87. The van der Waals surface area contributed by atoms with Gasteiger partial charge in [-0.2, -0.15) is 0 Å². The number of hydrogen-bond acceptors (Lipinski definition) is 5. The lowest BCUT2D eigenvalue weighted by Gasteiger charge is -2.38. The number of phenolic OH excluding ortho intramolecular Hbond substituents is 1. The summed E-state index contributed by atoms with van der Waals surface area (Å²) in [4.78, 5) is 24.8. The number of hydrogen-bond donors (Lipinski definition) is 1. The molecule has 0 spiro atoms. The van der Waals surface area contributed by atoms with Gasteiger partial charge < -0.3 is 14.6 Å². The van der Waals surface area contributed by atoms with Gasteiger partial charge >= 0.3 is 0 Å². The Balaban J connectivity index is 1.96. The summed E-state index contributed by atoms with van der Waals surface area (Å²) >= 11 is 0. The van der Waals surface area contributed by atoms with Crippen LogP contribution in [-0.4, -0.2) is 35.0 Å². The van der Waals surface area contributed by atoms with Crippen molar-refractivity contribution in [1.29, 1.82) is 0 Å². The Morgan fingerprint density at radius 1 is 1.19 bits per heavy atom. The van der Waals surface area contributed by atoms with Gasteiger partial charge in [0.05, 0.1) is 12.7 Å². The van der Waals surface area contributed by atoms with Gasteiger partial charge in [0.1, 0.15) is 17.1 Å². The fraction of sp³-hybridized carbons (Fsp3) is 0.481. The van der Waals surface area contributed by atoms with E-state index in [4.69, 9.17) is 9.47 Å². The van der Waals surface area contributed by atoms with Gasteiger partial charge in [0.2, 0.25) is 0 Å². The normalized spacial score (nSPS) is 21.0. The van der Waals surface area contributed by atoms with Gasteiger partial charge in [-0.3, -0.25) is 9.59 Å². The molecule has 0 saturated carbocycles. The average molecular weight is 441 g/mol. The van der Waals surface area contributed by atoms with E-state index in [0.717, 1.165) is 28.0 Å². The first-order chi connectivity index (χ1) is 14.8. The Bertz CT molecular complexity index is 965. The number of carbonyl (C=O) groups is 2. The summed E-state index contributed by atoms with van der Waals surface area (Å²) in [6.07, 6.45) is 9.06. The highest BCUT2D eigenvalue weighted by atomic mass is 16.5. The maximum absolute atomic E-state index is 12.5. The van der Waals surface area contributed by atoms with Crippen molar-refractivity contribution in [2.45, 2.75) is 78.4 Å². The molecular weight excluding hydrogens is 404 g/mol. The average Bonchev–Trinajstić information content (AvgIpc) is 2.67. The highest BCUT2D eigenvalue weighted by Gasteiger charge is 2.40. The van der Waals surface area contributed by atoms with E-state index < -0.39 is 11.2 Å². The SMILES string of the molecule is COc1c(C)cc(O)cc1CC=C(C)CC(=O)C=C(C)CCC1(C)OC(C)(C)C=CC1=O. The number of allylic oxidation sites excluding steroid dienone is 4. The van der Waals surface area contributed by atoms with Crippen molar-refractivity contribution in [3.8, 4) is 11.5 Å². The standard InChI is InChI=1S/C27H36O5/c1-18(8-9-21-17-23(29)16-20(3)25(21)31-7)14-22(28)15-19(2)10-13-27(6)24(30)11-12-26(4,5)32-27/h8,11-12,15-17,29H,9-10,13-14H2,1-7H3. The Morgan fingerprint density at radius 3 is 2.53 bits per heavy atom. The second-order valence-electron chi connectivity index (χ2n) is 9.48. The topological polar surface area (TPSA) is 72.8 Å². The predicted molar refractivity (Wildman–Crippen MR) is 127 cm³/mol. The first-order valence-corrected chi connectivity index (χ1v) is 11.0. The quantitative estimate of drug-likeness (QED) is 0.401. The van der Waals surface area contributed by atoms with Gasteiger partial charge in [0.15, 0.2) is 11.6 Å². The van der Waals surface area contributed by atoms with E-state index in [1.807, 2.05) is 47.6 Å². The Hall–Kier alpha value is -2.66. The van der Waals surface area contributed by atoms with Crippen molar-refractivity contribution < 1.29 is 24.2 Å². The highest BCUT2D eigenvalue weighted by Crippen LogP contribution is 2.32. The van der Waals surface area contributed by atoms with Gasteiger partial charge in [0, 0.05) is 12.0 Å². The molecule has 5 heteroatoms. The molecule has 0 radical (unpaired) electrons. The Kier molecular flexibility index (Phi) is 8.24. The third kappa shape index (κ3) is 6.92. The van der Waals surface area contributed by atoms with E-state index >= 15 is 0 Å². The molecule has 1 aromatic rings. The molecule has 0 aliphatic carbocycles. The number of aryl methyl sites for hydroxylation is 1. The van der Waals surface area contributed by atoms with Crippen molar-refractivity contribution in [2.24, 2.45) is 0 Å². The minimum Gasteiger partial charge on any atom is -0.508 e. The molecule has 1 heterocycles. The zero-order valence-corrected chi connectivity index (χ0v) is 20.4. The largest absolute Gasteiger partial charge is 0.508 e. The van der Waals surface area contributed by atoms with Crippen LogP contribution in [0.2, 0.25) is 0 Å². The van der Waals surface area contributed by atoms with Gasteiger partial charge in [-0.1, -0.05) is 17.2 Å². The lowest BCUT2D eigenvalue weighted by Crippen LogP contribution is -2.47. The number of methoxy groups -OCH3 is 1. The minimum atomic E-state index is -0.870. The maximum Gasteiger partial charge on any atom is 0.187 e. The smallest absolute Gasteiger partial charge is 0.187 e. The Morgan fingerprint density at radius 2 is 1.88 bits per heavy atom. The van der Waals surface area contributed by atoms with Crippen molar-refractivity contribution >= 4 is 11.6 Å². The van der Waals surface area contributed by atoms with Gasteiger partial charge in [0.25, 0.3) is 0 Å². The third-order valence-corrected chi connectivity index (χ3v) is 5.71. The van der Waals surface area contributed by atoms with Crippen molar-refractivity contribution in [3.05, 3.63) is 58.7 Å². The van der Waals surface area contributed by atoms with Crippen LogP contribution < -0.4 is 4.74 Å². The summed E-state index contributed by atoms with van der Waals surface area (Å²) < 4.78 is 11.5. The van der Waals surface area contributed by atoms with Gasteiger partial charge in [-0.05, 0) is 96.7 Å². The number of aromatic hydroxyl groups is 1. The molecule has 1 unspecified atom stereocenters. The number of phenols is 1. The fourth-order valence-corrected chi connectivity index (χ4v) is 4.03. The summed E-state index contributed by atoms with van der Waals surface area (Å²) in [5, 5.41) is 9.86. The van der Waals surface area contributed by atoms with Crippen LogP contribution in [0.15, 0.2) is 47.6 Å². The second-order valence-corrected chi connectivity index (χ2v) is 9.48. The minimum absolute atomic E-state index is 0.0246. The fourth-order valence-electron chi connectivity index (χ4n) is 4.03. The molecular formula is C27H36O5. The molecule has 1 N–H and O–H groups in total. The molecule has 1 aliphatic heterocycles. The van der Waals surface area contributed by atoms with E-state index in [9.17, 15) is 14.7 Å². The number of rotatable bonds is 9. The second kappa shape index (κ2) is 10.3. The first-order valence-electron chi connectivity index (χ1n) is 11.0. The molecule has 0 amide bonds. The number of carbonyl (C=O) groups excluding carboxylic acids is 2. The van der Waals surface area contributed by atoms with Crippen LogP contribution in [0.1, 0.15) is 65.0 Å². The summed E-state index contributed by atoms with van der Waals surface area (Å²) in [5.41, 5.74) is 2.28. The molecule has 174 valence electrons. The monoisotopic (exact) mass is 440 g/mol. The van der Waals surface area contributed by atoms with Crippen LogP contribution in [0, 0.1) is 6.92 Å². The first kappa shape index (κ1) is 25.6. The zero-order chi connectivity index (χ0) is 24.1. The summed E-state index contributed by atoms with van der Waals surface area (Å²) in [6.45, 7) is 11.4. The molecule has 0 saturated heterocycles. The van der Waals surface area contributed by atoms with Crippen LogP contribution in [0.3, 0.4) is 0 Å². The van der Waals surface area contributed by atoms with Gasteiger partial charge in [-0.15, -0.1) is 0 Å². The molecule has 0 bridgehead atoms. The van der Waals surface area contributed by atoms with E-state index in [-0.39, 0.29) is 17.3 Å². The van der Waals surface area contributed by atoms with Crippen LogP contribution in [0.25, 0.3) is 0 Å². The molecule has 0 fully saturated rings. The van der Waals surface area contributed by atoms with E-state index in [0.29, 0.717) is 25.7 Å². The van der Waals surface area contributed by atoms with Crippen LogP contribution in [0.5, 0.6) is 11.5 Å². The maximum atomic E-state index is 12.5. The molecule has 2 rings (SSSR count). The highest BCUT2D eigenvalue weighted by molar-refractivity contribution is 5.97. The summed E-state index contributed by atoms with van der Waals surface area (Å²) in [6, 6.07) is 3.35. The number of benzene rings is 1. The number of ether oxygens (including phenoxy) is 2. The summed E-state index contributed by atoms with van der Waals surface area (Å²) in [5.74, 6) is 0.941.